The van der Waals surface area contributed by atoms with Crippen molar-refractivity contribution >= 4 is 16.4 Å². The molecule has 0 saturated heterocycles. The van der Waals surface area contributed by atoms with E-state index in [-0.39, 0.29) is 17.8 Å². The van der Waals surface area contributed by atoms with Crippen molar-refractivity contribution in [3.8, 4) is 0 Å². The van der Waals surface area contributed by atoms with E-state index >= 15 is 0 Å². The average molecular weight is 264 g/mol. The van der Waals surface area contributed by atoms with Crippen LogP contribution in [0.3, 0.4) is 0 Å². The molecule has 0 atom stereocenters. The molecule has 0 amide bonds. The van der Waals surface area contributed by atoms with Crippen molar-refractivity contribution in [1.82, 2.24) is 4.90 Å². The lowest BCUT2D eigenvalue weighted by Crippen LogP contribution is -2.26. The van der Waals surface area contributed by atoms with Gasteiger partial charge in [-0.15, -0.1) is 0 Å². The van der Waals surface area contributed by atoms with E-state index in [4.69, 9.17) is 0 Å². The maximum atomic E-state index is 11.6. The predicted molar refractivity (Wildman–Crippen MR) is 70.7 cm³/mol. The molecule has 5 nitrogen and oxygen atoms in total. The minimum Gasteiger partial charge on any atom is -0.396 e. The van der Waals surface area contributed by atoms with Gasteiger partial charge in [-0.25, -0.2) is 8.42 Å². The highest BCUT2D eigenvalue weighted by atomic mass is 32.2. The van der Waals surface area contributed by atoms with Gasteiger partial charge in [-0.2, -0.15) is 4.40 Å². The molecule has 0 heterocycles. The molecule has 0 aliphatic carbocycles. The second kappa shape index (κ2) is 6.96. The van der Waals surface area contributed by atoms with E-state index in [9.17, 15) is 13.5 Å². The van der Waals surface area contributed by atoms with Crippen molar-refractivity contribution < 1.29 is 13.5 Å². The number of hydrogen-bond acceptors (Lipinski definition) is 3. The van der Waals surface area contributed by atoms with Crippen LogP contribution in [-0.4, -0.2) is 51.2 Å². The van der Waals surface area contributed by atoms with Crippen molar-refractivity contribution in [1.29, 1.82) is 0 Å². The standard InChI is InChI=1S/C11H24N2O3S/c1-5-11(6-2,9-14)7-8-17(15,16)12-10-13(3)4/h10,14H,5-9H2,1-4H3/b12-10+. The molecule has 0 unspecified atom stereocenters. The SMILES string of the molecule is CCC(CC)(CO)CCS(=O)(=O)/N=C/N(C)C. The summed E-state index contributed by atoms with van der Waals surface area (Å²) in [5.41, 5.74) is -0.291. The molecule has 0 aliphatic rings. The van der Waals surface area contributed by atoms with E-state index in [0.717, 1.165) is 12.8 Å². The lowest BCUT2D eigenvalue weighted by Gasteiger charge is -2.28. The first-order valence-corrected chi connectivity index (χ1v) is 7.47. The van der Waals surface area contributed by atoms with Gasteiger partial charge in [-0.05, 0) is 24.7 Å². The zero-order valence-electron chi connectivity index (χ0n) is 11.2. The number of aliphatic hydroxyl groups excluding tert-OH is 1. The smallest absolute Gasteiger partial charge is 0.254 e. The largest absolute Gasteiger partial charge is 0.396 e. The highest BCUT2D eigenvalue weighted by Gasteiger charge is 2.27. The molecular weight excluding hydrogens is 240 g/mol. The molecule has 0 aromatic carbocycles. The zero-order chi connectivity index (χ0) is 13.5. The zero-order valence-corrected chi connectivity index (χ0v) is 12.0. The molecule has 1 N–H and O–H groups in total. The molecule has 0 fully saturated rings. The van der Waals surface area contributed by atoms with Crippen molar-refractivity contribution in [2.75, 3.05) is 26.5 Å². The minimum absolute atomic E-state index is 0.0143. The van der Waals surface area contributed by atoms with Crippen LogP contribution in [0, 0.1) is 5.41 Å². The highest BCUT2D eigenvalue weighted by Crippen LogP contribution is 2.30. The molecule has 17 heavy (non-hydrogen) atoms. The van der Waals surface area contributed by atoms with Gasteiger partial charge in [0.05, 0.1) is 5.75 Å². The molecule has 6 heteroatoms. The maximum Gasteiger partial charge on any atom is 0.254 e. The van der Waals surface area contributed by atoms with E-state index in [1.807, 2.05) is 13.8 Å². The van der Waals surface area contributed by atoms with Gasteiger partial charge in [0.15, 0.2) is 0 Å². The number of sulfonamides is 1. The molecule has 0 saturated carbocycles. The third-order valence-electron chi connectivity index (χ3n) is 3.16. The quantitative estimate of drug-likeness (QED) is 0.526. The van der Waals surface area contributed by atoms with Gasteiger partial charge >= 0.3 is 0 Å². The fourth-order valence-corrected chi connectivity index (χ4v) is 2.60. The van der Waals surface area contributed by atoms with Crippen LogP contribution in [0.2, 0.25) is 0 Å². The lowest BCUT2D eigenvalue weighted by molar-refractivity contribution is 0.111. The predicted octanol–water partition coefficient (Wildman–Crippen LogP) is 1.09. The minimum atomic E-state index is -3.42. The second-order valence-corrected chi connectivity index (χ2v) is 6.37. The van der Waals surface area contributed by atoms with Crippen molar-refractivity contribution in [2.45, 2.75) is 33.1 Å². The van der Waals surface area contributed by atoms with Crippen LogP contribution < -0.4 is 0 Å². The topological polar surface area (TPSA) is 70.0 Å². The van der Waals surface area contributed by atoms with Crippen molar-refractivity contribution in [2.24, 2.45) is 9.81 Å². The Hall–Kier alpha value is -0.620. The molecule has 0 spiro atoms. The first-order chi connectivity index (χ1) is 7.81. The first-order valence-electron chi connectivity index (χ1n) is 5.86. The summed E-state index contributed by atoms with van der Waals surface area (Å²) in [4.78, 5) is 1.58. The number of aliphatic hydroxyl groups is 1. The van der Waals surface area contributed by atoms with Gasteiger partial charge in [-0.3, -0.25) is 0 Å². The van der Waals surface area contributed by atoms with Gasteiger partial charge in [0.25, 0.3) is 10.0 Å². The summed E-state index contributed by atoms with van der Waals surface area (Å²) in [5, 5.41) is 9.35. The Kier molecular flexibility index (Phi) is 6.70. The Morgan fingerprint density at radius 2 is 1.82 bits per heavy atom. The number of rotatable bonds is 8. The summed E-state index contributed by atoms with van der Waals surface area (Å²) < 4.78 is 26.8. The third-order valence-corrected chi connectivity index (χ3v) is 4.30. The number of nitrogens with zero attached hydrogens (tertiary/aromatic N) is 2. The highest BCUT2D eigenvalue weighted by molar-refractivity contribution is 7.90. The Morgan fingerprint density at radius 3 is 2.18 bits per heavy atom. The van der Waals surface area contributed by atoms with Crippen LogP contribution in [0.25, 0.3) is 0 Å². The lowest BCUT2D eigenvalue weighted by atomic mass is 9.81. The van der Waals surface area contributed by atoms with Gasteiger partial charge in [0, 0.05) is 20.7 Å². The van der Waals surface area contributed by atoms with Crippen molar-refractivity contribution in [3.63, 3.8) is 0 Å². The average Bonchev–Trinajstić information content (AvgIpc) is 2.29. The molecule has 0 radical (unpaired) electrons. The second-order valence-electron chi connectivity index (χ2n) is 4.59. The van der Waals surface area contributed by atoms with Gasteiger partial charge in [-0.1, -0.05) is 13.8 Å². The van der Waals surface area contributed by atoms with Gasteiger partial charge < -0.3 is 10.0 Å². The Balaban J connectivity index is 4.54. The summed E-state index contributed by atoms with van der Waals surface area (Å²) in [5.74, 6) is -0.0143. The summed E-state index contributed by atoms with van der Waals surface area (Å²) >= 11 is 0. The fraction of sp³-hybridized carbons (Fsp3) is 0.909. The van der Waals surface area contributed by atoms with Crippen LogP contribution in [-0.2, 0) is 10.0 Å². The van der Waals surface area contributed by atoms with Crippen LogP contribution in [0.1, 0.15) is 33.1 Å². The fourth-order valence-electron chi connectivity index (χ4n) is 1.47. The number of hydrogen-bond donors (Lipinski definition) is 1. The maximum absolute atomic E-state index is 11.6. The van der Waals surface area contributed by atoms with Crippen LogP contribution >= 0.6 is 0 Å². The molecule has 102 valence electrons. The van der Waals surface area contributed by atoms with Crippen LogP contribution in [0.5, 0.6) is 0 Å². The summed E-state index contributed by atoms with van der Waals surface area (Å²) in [6, 6.07) is 0. The Morgan fingerprint density at radius 1 is 1.29 bits per heavy atom. The third kappa shape index (κ3) is 6.02. The normalized spacial score (nSPS) is 13.2. The summed E-state index contributed by atoms with van der Waals surface area (Å²) in [6.45, 7) is 3.96. The molecule has 0 aromatic heterocycles. The van der Waals surface area contributed by atoms with Crippen LogP contribution in [0.4, 0.5) is 0 Å². The van der Waals surface area contributed by atoms with Gasteiger partial charge in [0.1, 0.15) is 6.34 Å². The van der Waals surface area contributed by atoms with Crippen molar-refractivity contribution in [3.05, 3.63) is 0 Å². The summed E-state index contributed by atoms with van der Waals surface area (Å²) in [7, 11) is 0.0113. The van der Waals surface area contributed by atoms with Crippen LogP contribution in [0.15, 0.2) is 4.40 Å². The molecule has 0 aromatic rings. The molecular formula is C11H24N2O3S. The van der Waals surface area contributed by atoms with E-state index in [1.54, 1.807) is 19.0 Å². The van der Waals surface area contributed by atoms with E-state index in [0.29, 0.717) is 6.42 Å². The summed E-state index contributed by atoms with van der Waals surface area (Å²) in [6.07, 6.45) is 3.28. The van der Waals surface area contributed by atoms with E-state index in [2.05, 4.69) is 4.40 Å². The molecule has 0 aliphatic heterocycles. The van der Waals surface area contributed by atoms with E-state index < -0.39 is 10.0 Å². The molecule has 0 bridgehead atoms. The monoisotopic (exact) mass is 264 g/mol. The Bertz CT molecular complexity index is 324. The van der Waals surface area contributed by atoms with E-state index in [1.165, 1.54) is 6.34 Å². The Labute approximate surface area is 105 Å². The molecule has 0 rings (SSSR count). The van der Waals surface area contributed by atoms with Gasteiger partial charge in [0.2, 0.25) is 0 Å². The first kappa shape index (κ1) is 16.4.